The predicted octanol–water partition coefficient (Wildman–Crippen LogP) is 2.82. The van der Waals surface area contributed by atoms with Crippen molar-refractivity contribution in [1.29, 1.82) is 5.26 Å². The van der Waals surface area contributed by atoms with Gasteiger partial charge in [0.25, 0.3) is 0 Å². The molecular formula is C16H12FNO3. The summed E-state index contributed by atoms with van der Waals surface area (Å²) in [6, 6.07) is 14.2. The van der Waals surface area contributed by atoms with Crippen LogP contribution in [0.25, 0.3) is 0 Å². The van der Waals surface area contributed by atoms with Crippen LogP contribution in [0, 0.1) is 17.1 Å². The lowest BCUT2D eigenvalue weighted by Crippen LogP contribution is -2.14. The van der Waals surface area contributed by atoms with E-state index in [9.17, 15) is 9.18 Å². The molecule has 0 aliphatic heterocycles. The van der Waals surface area contributed by atoms with Crippen LogP contribution in [0.5, 0.6) is 5.75 Å². The summed E-state index contributed by atoms with van der Waals surface area (Å²) in [5.41, 5.74) is 1.08. The number of nitriles is 1. The number of halogens is 1. The van der Waals surface area contributed by atoms with Gasteiger partial charge in [-0.05, 0) is 42.0 Å². The molecule has 0 bridgehead atoms. The smallest absolute Gasteiger partial charge is 0.344 e. The second-order valence-corrected chi connectivity index (χ2v) is 4.22. The molecule has 0 aliphatic rings. The summed E-state index contributed by atoms with van der Waals surface area (Å²) < 4.78 is 23.1. The van der Waals surface area contributed by atoms with Crippen molar-refractivity contribution in [2.75, 3.05) is 6.61 Å². The molecule has 0 radical (unpaired) electrons. The van der Waals surface area contributed by atoms with Crippen molar-refractivity contribution in [3.63, 3.8) is 0 Å². The average Bonchev–Trinajstić information content (AvgIpc) is 2.51. The first-order valence-electron chi connectivity index (χ1n) is 6.20. The van der Waals surface area contributed by atoms with E-state index in [1.54, 1.807) is 36.4 Å². The molecule has 21 heavy (non-hydrogen) atoms. The summed E-state index contributed by atoms with van der Waals surface area (Å²) >= 11 is 0. The number of carbonyl (C=O) groups excluding carboxylic acids is 1. The van der Waals surface area contributed by atoms with Crippen molar-refractivity contribution in [1.82, 2.24) is 0 Å². The van der Waals surface area contributed by atoms with Gasteiger partial charge in [0.15, 0.2) is 6.61 Å². The molecule has 106 valence electrons. The number of carbonyl (C=O) groups is 1. The lowest BCUT2D eigenvalue weighted by Gasteiger charge is -2.07. The van der Waals surface area contributed by atoms with E-state index in [0.717, 1.165) is 0 Å². The van der Waals surface area contributed by atoms with E-state index in [1.807, 2.05) is 6.07 Å². The lowest BCUT2D eigenvalue weighted by molar-refractivity contribution is -0.147. The third-order valence-electron chi connectivity index (χ3n) is 2.63. The first-order valence-corrected chi connectivity index (χ1v) is 6.20. The molecule has 0 N–H and O–H groups in total. The lowest BCUT2D eigenvalue weighted by atomic mass is 10.2. The Morgan fingerprint density at radius 3 is 2.62 bits per heavy atom. The number of ether oxygens (including phenoxy) is 2. The molecule has 0 atom stereocenters. The average molecular weight is 285 g/mol. The van der Waals surface area contributed by atoms with E-state index in [1.165, 1.54) is 12.1 Å². The van der Waals surface area contributed by atoms with Crippen LogP contribution in [0.4, 0.5) is 4.39 Å². The molecular weight excluding hydrogens is 273 g/mol. The maximum atomic E-state index is 12.9. The molecule has 0 amide bonds. The van der Waals surface area contributed by atoms with E-state index in [2.05, 4.69) is 0 Å². The van der Waals surface area contributed by atoms with Crippen molar-refractivity contribution in [2.45, 2.75) is 6.61 Å². The van der Waals surface area contributed by atoms with Crippen LogP contribution in [0.2, 0.25) is 0 Å². The fourth-order valence-electron chi connectivity index (χ4n) is 1.60. The summed E-state index contributed by atoms with van der Waals surface area (Å²) in [5, 5.41) is 8.65. The number of benzene rings is 2. The monoisotopic (exact) mass is 285 g/mol. The van der Waals surface area contributed by atoms with Crippen molar-refractivity contribution < 1.29 is 18.7 Å². The second-order valence-electron chi connectivity index (χ2n) is 4.22. The van der Waals surface area contributed by atoms with Gasteiger partial charge in [-0.1, -0.05) is 12.1 Å². The van der Waals surface area contributed by atoms with Crippen LogP contribution in [-0.2, 0) is 16.1 Å². The van der Waals surface area contributed by atoms with Gasteiger partial charge in [0.05, 0.1) is 11.6 Å². The topological polar surface area (TPSA) is 59.3 Å². The van der Waals surface area contributed by atoms with Crippen LogP contribution in [0.3, 0.4) is 0 Å². The highest BCUT2D eigenvalue weighted by atomic mass is 19.1. The standard InChI is InChI=1S/C16H12FNO3/c17-14-3-1-2-13(8-14)10-21-16(19)11-20-15-6-4-12(9-18)5-7-15/h1-8H,10-11H2. The largest absolute Gasteiger partial charge is 0.482 e. The van der Waals surface area contributed by atoms with Gasteiger partial charge in [0.1, 0.15) is 18.2 Å². The minimum atomic E-state index is -0.552. The van der Waals surface area contributed by atoms with Gasteiger partial charge in [-0.15, -0.1) is 0 Å². The molecule has 0 heterocycles. The maximum Gasteiger partial charge on any atom is 0.344 e. The van der Waals surface area contributed by atoms with Gasteiger partial charge in [-0.3, -0.25) is 0 Å². The molecule has 2 aromatic rings. The SMILES string of the molecule is N#Cc1ccc(OCC(=O)OCc2cccc(F)c2)cc1. The fourth-order valence-corrected chi connectivity index (χ4v) is 1.60. The molecule has 2 rings (SSSR count). The maximum absolute atomic E-state index is 12.9. The van der Waals surface area contributed by atoms with Gasteiger partial charge in [0, 0.05) is 0 Å². The van der Waals surface area contributed by atoms with Crippen LogP contribution in [0.15, 0.2) is 48.5 Å². The molecule has 0 unspecified atom stereocenters. The number of hydrogen-bond donors (Lipinski definition) is 0. The molecule has 0 spiro atoms. The minimum Gasteiger partial charge on any atom is -0.482 e. The third-order valence-corrected chi connectivity index (χ3v) is 2.63. The molecule has 0 saturated carbocycles. The second kappa shape index (κ2) is 7.06. The van der Waals surface area contributed by atoms with Crippen LogP contribution in [-0.4, -0.2) is 12.6 Å². The van der Waals surface area contributed by atoms with Gasteiger partial charge < -0.3 is 9.47 Å². The van der Waals surface area contributed by atoms with E-state index in [-0.39, 0.29) is 19.0 Å². The van der Waals surface area contributed by atoms with Gasteiger partial charge >= 0.3 is 5.97 Å². The Morgan fingerprint density at radius 1 is 1.19 bits per heavy atom. The zero-order valence-electron chi connectivity index (χ0n) is 11.1. The quantitative estimate of drug-likeness (QED) is 0.793. The fraction of sp³-hybridized carbons (Fsp3) is 0.125. The summed E-state index contributed by atoms with van der Waals surface area (Å²) in [6.07, 6.45) is 0. The van der Waals surface area contributed by atoms with Crippen LogP contribution >= 0.6 is 0 Å². The number of rotatable bonds is 5. The van der Waals surface area contributed by atoms with Crippen molar-refractivity contribution in [3.8, 4) is 11.8 Å². The molecule has 4 nitrogen and oxygen atoms in total. The van der Waals surface area contributed by atoms with E-state index < -0.39 is 5.97 Å². The Balaban J connectivity index is 1.78. The Morgan fingerprint density at radius 2 is 1.95 bits per heavy atom. The summed E-state index contributed by atoms with van der Waals surface area (Å²) in [4.78, 5) is 11.5. The van der Waals surface area contributed by atoms with Crippen molar-refractivity contribution in [2.24, 2.45) is 0 Å². The van der Waals surface area contributed by atoms with Crippen LogP contribution in [0.1, 0.15) is 11.1 Å². The molecule has 0 saturated heterocycles. The van der Waals surface area contributed by atoms with Crippen molar-refractivity contribution >= 4 is 5.97 Å². The van der Waals surface area contributed by atoms with E-state index >= 15 is 0 Å². The molecule has 0 aromatic heterocycles. The Hall–Kier alpha value is -2.87. The number of hydrogen-bond acceptors (Lipinski definition) is 4. The van der Waals surface area contributed by atoms with Gasteiger partial charge in [-0.25, -0.2) is 9.18 Å². The number of esters is 1. The first-order chi connectivity index (χ1) is 10.2. The molecule has 5 heteroatoms. The summed E-state index contributed by atoms with van der Waals surface area (Å²) in [5.74, 6) is -0.460. The molecule has 0 fully saturated rings. The van der Waals surface area contributed by atoms with Gasteiger partial charge in [0.2, 0.25) is 0 Å². The molecule has 2 aromatic carbocycles. The van der Waals surface area contributed by atoms with Crippen LogP contribution < -0.4 is 4.74 Å². The molecule has 0 aliphatic carbocycles. The van der Waals surface area contributed by atoms with E-state index in [4.69, 9.17) is 14.7 Å². The minimum absolute atomic E-state index is 0.00662. The zero-order chi connectivity index (χ0) is 15.1. The highest BCUT2D eigenvalue weighted by Crippen LogP contribution is 2.11. The summed E-state index contributed by atoms with van der Waals surface area (Å²) in [7, 11) is 0. The zero-order valence-corrected chi connectivity index (χ0v) is 11.1. The summed E-state index contributed by atoms with van der Waals surface area (Å²) in [6.45, 7) is -0.255. The predicted molar refractivity (Wildman–Crippen MR) is 72.8 cm³/mol. The normalized spacial score (nSPS) is 9.71. The highest BCUT2D eigenvalue weighted by Gasteiger charge is 2.05. The Kier molecular flexibility index (Phi) is 4.89. The Bertz CT molecular complexity index is 662. The Labute approximate surface area is 121 Å². The first kappa shape index (κ1) is 14.5. The third kappa shape index (κ3) is 4.62. The van der Waals surface area contributed by atoms with Gasteiger partial charge in [-0.2, -0.15) is 5.26 Å². The highest BCUT2D eigenvalue weighted by molar-refractivity contribution is 5.71. The van der Waals surface area contributed by atoms with Crippen molar-refractivity contribution in [3.05, 3.63) is 65.5 Å². The van der Waals surface area contributed by atoms with E-state index in [0.29, 0.717) is 16.9 Å². The number of nitrogens with zero attached hydrogens (tertiary/aromatic N) is 1.